The molecule has 0 saturated heterocycles. The number of ether oxygens (including phenoxy) is 1. The first-order valence-electron chi connectivity index (χ1n) is 9.74. The highest BCUT2D eigenvalue weighted by Gasteiger charge is 2.43. The van der Waals surface area contributed by atoms with Gasteiger partial charge in [0.2, 0.25) is 5.91 Å². The summed E-state index contributed by atoms with van der Waals surface area (Å²) in [5.41, 5.74) is 0.780. The lowest BCUT2D eigenvalue weighted by atomic mass is 9.96. The minimum Gasteiger partial charge on any atom is -0.454 e. The normalized spacial score (nSPS) is 14.1. The van der Waals surface area contributed by atoms with E-state index in [-0.39, 0.29) is 5.91 Å². The molecule has 2 aromatic carbocycles. The lowest BCUT2D eigenvalue weighted by Crippen LogP contribution is -2.59. The number of urea groups is 1. The van der Waals surface area contributed by atoms with E-state index < -0.39 is 36.6 Å². The van der Waals surface area contributed by atoms with Crippen molar-refractivity contribution in [2.75, 3.05) is 23.4 Å². The van der Waals surface area contributed by atoms with Crippen LogP contribution >= 0.6 is 0 Å². The summed E-state index contributed by atoms with van der Waals surface area (Å²) in [4.78, 5) is 50.3. The SMILES string of the molecule is CC1(C)C(=O)Nc2ccccc2N1C(=O)COC(=O)CNC(=O)NCc1ccccc1. The minimum atomic E-state index is -1.16. The summed E-state index contributed by atoms with van der Waals surface area (Å²) in [6.45, 7) is 2.57. The molecule has 0 aromatic heterocycles. The quantitative estimate of drug-likeness (QED) is 0.612. The zero-order valence-electron chi connectivity index (χ0n) is 17.3. The molecule has 0 atom stereocenters. The second-order valence-electron chi connectivity index (χ2n) is 7.44. The molecule has 1 heterocycles. The van der Waals surface area contributed by atoms with Gasteiger partial charge in [0.1, 0.15) is 12.1 Å². The highest BCUT2D eigenvalue weighted by Crippen LogP contribution is 2.36. The highest BCUT2D eigenvalue weighted by molar-refractivity contribution is 6.14. The average Bonchev–Trinajstić information content (AvgIpc) is 2.76. The van der Waals surface area contributed by atoms with Crippen molar-refractivity contribution in [3.05, 3.63) is 60.2 Å². The summed E-state index contributed by atoms with van der Waals surface area (Å²) in [6, 6.07) is 15.7. The van der Waals surface area contributed by atoms with Crippen molar-refractivity contribution in [3.63, 3.8) is 0 Å². The summed E-state index contributed by atoms with van der Waals surface area (Å²) in [5.74, 6) is -1.66. The van der Waals surface area contributed by atoms with Gasteiger partial charge in [0.15, 0.2) is 6.61 Å². The van der Waals surface area contributed by atoms with Crippen molar-refractivity contribution in [2.45, 2.75) is 25.9 Å². The van der Waals surface area contributed by atoms with Gasteiger partial charge in [-0.25, -0.2) is 4.79 Å². The Labute approximate surface area is 179 Å². The molecule has 3 rings (SSSR count). The first-order valence-corrected chi connectivity index (χ1v) is 9.74. The van der Waals surface area contributed by atoms with Crippen LogP contribution in [0, 0.1) is 0 Å². The predicted octanol–water partition coefficient (Wildman–Crippen LogP) is 1.79. The summed E-state index contributed by atoms with van der Waals surface area (Å²) >= 11 is 0. The van der Waals surface area contributed by atoms with Crippen LogP contribution in [0.15, 0.2) is 54.6 Å². The minimum absolute atomic E-state index is 0.311. The van der Waals surface area contributed by atoms with Crippen molar-refractivity contribution < 1.29 is 23.9 Å². The van der Waals surface area contributed by atoms with Gasteiger partial charge in [-0.3, -0.25) is 19.3 Å². The number of amides is 4. The molecule has 4 amide bonds. The zero-order valence-corrected chi connectivity index (χ0v) is 17.3. The van der Waals surface area contributed by atoms with Crippen LogP contribution < -0.4 is 20.9 Å². The largest absolute Gasteiger partial charge is 0.454 e. The molecule has 0 radical (unpaired) electrons. The molecule has 0 fully saturated rings. The van der Waals surface area contributed by atoms with E-state index in [1.807, 2.05) is 30.3 Å². The van der Waals surface area contributed by atoms with E-state index in [0.29, 0.717) is 17.9 Å². The van der Waals surface area contributed by atoms with Crippen LogP contribution in [0.25, 0.3) is 0 Å². The molecule has 9 nitrogen and oxygen atoms in total. The standard InChI is InChI=1S/C22H24N4O5/c1-22(2)20(29)25-16-10-6-7-11-17(16)26(22)18(27)14-31-19(28)13-24-21(30)23-12-15-8-4-3-5-9-15/h3-11H,12-14H2,1-2H3,(H,25,29)(H2,23,24,30). The van der Waals surface area contributed by atoms with Crippen LogP contribution in [0.5, 0.6) is 0 Å². The first-order chi connectivity index (χ1) is 14.8. The van der Waals surface area contributed by atoms with Crippen molar-refractivity contribution in [1.29, 1.82) is 0 Å². The fraction of sp³-hybridized carbons (Fsp3) is 0.273. The van der Waals surface area contributed by atoms with E-state index in [4.69, 9.17) is 4.74 Å². The maximum atomic E-state index is 12.8. The van der Waals surface area contributed by atoms with Gasteiger partial charge in [-0.1, -0.05) is 42.5 Å². The first kappa shape index (κ1) is 21.8. The maximum Gasteiger partial charge on any atom is 0.325 e. The van der Waals surface area contributed by atoms with E-state index in [9.17, 15) is 19.2 Å². The molecule has 162 valence electrons. The summed E-state index contributed by atoms with van der Waals surface area (Å²) < 4.78 is 5.01. The Balaban J connectivity index is 1.50. The van der Waals surface area contributed by atoms with Crippen LogP contribution in [-0.2, 0) is 25.7 Å². The number of carbonyl (C=O) groups is 4. The van der Waals surface area contributed by atoms with Crippen molar-refractivity contribution in [2.24, 2.45) is 0 Å². The topological polar surface area (TPSA) is 117 Å². The van der Waals surface area contributed by atoms with Crippen molar-refractivity contribution in [3.8, 4) is 0 Å². The summed E-state index contributed by atoms with van der Waals surface area (Å²) in [6.07, 6.45) is 0. The number of nitrogens with zero attached hydrogens (tertiary/aromatic N) is 1. The van der Waals surface area contributed by atoms with Crippen molar-refractivity contribution >= 4 is 35.2 Å². The highest BCUT2D eigenvalue weighted by atomic mass is 16.5. The van der Waals surface area contributed by atoms with Crippen LogP contribution in [0.4, 0.5) is 16.2 Å². The van der Waals surface area contributed by atoms with Gasteiger partial charge in [0.25, 0.3) is 5.91 Å². The third-order valence-corrected chi connectivity index (χ3v) is 4.80. The summed E-state index contributed by atoms with van der Waals surface area (Å²) in [5, 5.41) is 7.76. The lowest BCUT2D eigenvalue weighted by Gasteiger charge is -2.41. The number of hydrogen-bond donors (Lipinski definition) is 3. The predicted molar refractivity (Wildman–Crippen MR) is 114 cm³/mol. The van der Waals surface area contributed by atoms with Gasteiger partial charge in [-0.05, 0) is 31.5 Å². The molecular formula is C22H24N4O5. The number of fused-ring (bicyclic) bond motifs is 1. The Morgan fingerprint density at radius 1 is 1.00 bits per heavy atom. The molecule has 9 heteroatoms. The Kier molecular flexibility index (Phi) is 6.54. The number of esters is 1. The fourth-order valence-electron chi connectivity index (χ4n) is 3.15. The fourth-order valence-corrected chi connectivity index (χ4v) is 3.15. The second kappa shape index (κ2) is 9.29. The van der Waals surface area contributed by atoms with E-state index in [2.05, 4.69) is 16.0 Å². The van der Waals surface area contributed by atoms with Gasteiger partial charge in [-0.15, -0.1) is 0 Å². The zero-order chi connectivity index (χ0) is 22.4. The Morgan fingerprint density at radius 2 is 1.68 bits per heavy atom. The lowest BCUT2D eigenvalue weighted by molar-refractivity contribution is -0.147. The number of benzene rings is 2. The average molecular weight is 424 g/mol. The number of nitrogens with one attached hydrogen (secondary N) is 3. The van der Waals surface area contributed by atoms with Gasteiger partial charge < -0.3 is 20.7 Å². The molecule has 0 saturated carbocycles. The molecule has 1 aliphatic rings. The van der Waals surface area contributed by atoms with Gasteiger partial charge in [-0.2, -0.15) is 0 Å². The van der Waals surface area contributed by atoms with E-state index >= 15 is 0 Å². The van der Waals surface area contributed by atoms with E-state index in [1.165, 1.54) is 4.90 Å². The second-order valence-corrected chi connectivity index (χ2v) is 7.44. The molecule has 2 aromatic rings. The number of carbonyl (C=O) groups excluding carboxylic acids is 4. The third kappa shape index (κ3) is 5.19. The van der Waals surface area contributed by atoms with Gasteiger partial charge >= 0.3 is 12.0 Å². The third-order valence-electron chi connectivity index (χ3n) is 4.80. The van der Waals surface area contributed by atoms with Gasteiger partial charge in [0.05, 0.1) is 11.4 Å². The monoisotopic (exact) mass is 424 g/mol. The van der Waals surface area contributed by atoms with Crippen LogP contribution in [0.1, 0.15) is 19.4 Å². The molecule has 3 N–H and O–H groups in total. The van der Waals surface area contributed by atoms with Crippen LogP contribution in [0.2, 0.25) is 0 Å². The molecular weight excluding hydrogens is 400 g/mol. The molecule has 0 aliphatic carbocycles. The molecule has 1 aliphatic heterocycles. The van der Waals surface area contributed by atoms with E-state index in [0.717, 1.165) is 5.56 Å². The van der Waals surface area contributed by atoms with E-state index in [1.54, 1.807) is 38.1 Å². The molecule has 0 unspecified atom stereocenters. The molecule has 31 heavy (non-hydrogen) atoms. The number of rotatable bonds is 6. The smallest absolute Gasteiger partial charge is 0.325 e. The van der Waals surface area contributed by atoms with Crippen LogP contribution in [-0.4, -0.2) is 42.5 Å². The Bertz CT molecular complexity index is 990. The summed E-state index contributed by atoms with van der Waals surface area (Å²) in [7, 11) is 0. The molecule has 0 bridgehead atoms. The number of hydrogen-bond acceptors (Lipinski definition) is 5. The van der Waals surface area contributed by atoms with Gasteiger partial charge in [0, 0.05) is 6.54 Å². The number of anilines is 2. The maximum absolute atomic E-state index is 12.8. The molecule has 0 spiro atoms. The van der Waals surface area contributed by atoms with Crippen LogP contribution in [0.3, 0.4) is 0 Å². The Hall–Kier alpha value is -3.88. The number of para-hydroxylation sites is 2. The van der Waals surface area contributed by atoms with Crippen molar-refractivity contribution in [1.82, 2.24) is 10.6 Å². The Morgan fingerprint density at radius 3 is 2.42 bits per heavy atom.